The van der Waals surface area contributed by atoms with E-state index in [2.05, 4.69) is 17.0 Å². The Kier molecular flexibility index (Phi) is 3.05. The number of rotatable bonds is 4. The fraction of sp³-hybridized carbons (Fsp3) is 0.455. The Hall–Kier alpha value is -1.62. The molecule has 2 rings (SSSR count). The van der Waals surface area contributed by atoms with Crippen molar-refractivity contribution < 1.29 is 5.11 Å². The topological polar surface area (TPSA) is 55.9 Å². The molecule has 1 atom stereocenters. The number of aliphatic hydroxyl groups is 1. The molecule has 5 nitrogen and oxygen atoms in total. The standard InChI is InChI=1S/C11H16N4O/c1-3-6-15-10(4-5-13-15)11(16)9-7-14(2)8-12-9/h4-5,7-8,11,16H,3,6H2,1-2H3. The number of hydrogen-bond acceptors (Lipinski definition) is 3. The van der Waals surface area contributed by atoms with Gasteiger partial charge in [0.2, 0.25) is 0 Å². The Morgan fingerprint density at radius 3 is 2.94 bits per heavy atom. The van der Waals surface area contributed by atoms with Crippen LogP contribution in [0, 0.1) is 0 Å². The summed E-state index contributed by atoms with van der Waals surface area (Å²) < 4.78 is 3.64. The molecule has 2 heterocycles. The maximum atomic E-state index is 10.2. The summed E-state index contributed by atoms with van der Waals surface area (Å²) >= 11 is 0. The molecular formula is C11H16N4O. The van der Waals surface area contributed by atoms with Gasteiger partial charge in [-0.1, -0.05) is 6.92 Å². The molecule has 1 N–H and O–H groups in total. The van der Waals surface area contributed by atoms with Crippen LogP contribution in [-0.2, 0) is 13.6 Å². The monoisotopic (exact) mass is 220 g/mol. The molecule has 0 aliphatic heterocycles. The van der Waals surface area contributed by atoms with Crippen molar-refractivity contribution in [2.45, 2.75) is 26.0 Å². The van der Waals surface area contributed by atoms with E-state index >= 15 is 0 Å². The smallest absolute Gasteiger partial charge is 0.139 e. The SMILES string of the molecule is CCCn1nccc1C(O)c1cn(C)cn1. The number of nitrogens with zero attached hydrogens (tertiary/aromatic N) is 4. The first kappa shape index (κ1) is 10.9. The number of aromatic nitrogens is 4. The molecule has 2 aromatic heterocycles. The molecule has 0 amide bonds. The lowest BCUT2D eigenvalue weighted by molar-refractivity contribution is 0.203. The summed E-state index contributed by atoms with van der Waals surface area (Å²) in [6, 6.07) is 1.83. The van der Waals surface area contributed by atoms with Crippen molar-refractivity contribution in [3.05, 3.63) is 36.2 Å². The maximum absolute atomic E-state index is 10.2. The van der Waals surface area contributed by atoms with Crippen LogP contribution in [0.25, 0.3) is 0 Å². The second kappa shape index (κ2) is 4.49. The highest BCUT2D eigenvalue weighted by molar-refractivity contribution is 5.16. The van der Waals surface area contributed by atoms with Gasteiger partial charge in [0, 0.05) is 26.0 Å². The van der Waals surface area contributed by atoms with Gasteiger partial charge in [-0.3, -0.25) is 4.68 Å². The van der Waals surface area contributed by atoms with Gasteiger partial charge >= 0.3 is 0 Å². The number of aliphatic hydroxyl groups excluding tert-OH is 1. The van der Waals surface area contributed by atoms with Crippen molar-refractivity contribution in [1.82, 2.24) is 19.3 Å². The first-order chi connectivity index (χ1) is 7.72. The molecule has 0 aliphatic carbocycles. The van der Waals surface area contributed by atoms with E-state index in [4.69, 9.17) is 0 Å². The second-order valence-electron chi connectivity index (χ2n) is 3.85. The van der Waals surface area contributed by atoms with Crippen molar-refractivity contribution in [2.24, 2.45) is 7.05 Å². The zero-order chi connectivity index (χ0) is 11.5. The lowest BCUT2D eigenvalue weighted by atomic mass is 10.2. The molecule has 0 spiro atoms. The van der Waals surface area contributed by atoms with Gasteiger partial charge in [-0.05, 0) is 12.5 Å². The molecule has 2 aromatic rings. The van der Waals surface area contributed by atoms with Crippen molar-refractivity contribution in [3.8, 4) is 0 Å². The molecule has 1 unspecified atom stereocenters. The largest absolute Gasteiger partial charge is 0.380 e. The summed E-state index contributed by atoms with van der Waals surface area (Å²) in [7, 11) is 1.88. The molecule has 0 aliphatic rings. The highest BCUT2D eigenvalue weighted by atomic mass is 16.3. The minimum Gasteiger partial charge on any atom is -0.380 e. The van der Waals surface area contributed by atoms with Gasteiger partial charge in [0.1, 0.15) is 6.10 Å². The van der Waals surface area contributed by atoms with Crippen LogP contribution in [0.1, 0.15) is 30.8 Å². The molecule has 16 heavy (non-hydrogen) atoms. The fourth-order valence-electron chi connectivity index (χ4n) is 1.70. The summed E-state index contributed by atoms with van der Waals surface area (Å²) in [5, 5.41) is 14.3. The van der Waals surface area contributed by atoms with E-state index in [1.54, 1.807) is 12.5 Å². The molecular weight excluding hydrogens is 204 g/mol. The van der Waals surface area contributed by atoms with Gasteiger partial charge < -0.3 is 9.67 Å². The van der Waals surface area contributed by atoms with Crippen molar-refractivity contribution in [3.63, 3.8) is 0 Å². The predicted molar refractivity (Wildman–Crippen MR) is 59.8 cm³/mol. The van der Waals surface area contributed by atoms with E-state index in [-0.39, 0.29) is 0 Å². The lowest BCUT2D eigenvalue weighted by Crippen LogP contribution is -2.10. The highest BCUT2D eigenvalue weighted by Crippen LogP contribution is 2.19. The first-order valence-electron chi connectivity index (χ1n) is 5.40. The number of hydrogen-bond donors (Lipinski definition) is 1. The summed E-state index contributed by atoms with van der Waals surface area (Å²) in [6.45, 7) is 2.89. The molecule has 0 aromatic carbocycles. The van der Waals surface area contributed by atoms with Crippen molar-refractivity contribution >= 4 is 0 Å². The van der Waals surface area contributed by atoms with Crippen LogP contribution in [0.5, 0.6) is 0 Å². The van der Waals surface area contributed by atoms with Crippen LogP contribution in [-0.4, -0.2) is 24.4 Å². The quantitative estimate of drug-likeness (QED) is 0.839. The number of imidazole rings is 1. The minimum atomic E-state index is -0.699. The minimum absolute atomic E-state index is 0.653. The van der Waals surface area contributed by atoms with Crippen LogP contribution in [0.3, 0.4) is 0 Å². The third-order valence-electron chi connectivity index (χ3n) is 2.47. The van der Waals surface area contributed by atoms with E-state index in [9.17, 15) is 5.11 Å². The molecule has 5 heteroatoms. The van der Waals surface area contributed by atoms with Gasteiger partial charge in [-0.15, -0.1) is 0 Å². The van der Waals surface area contributed by atoms with E-state index < -0.39 is 6.10 Å². The van der Waals surface area contributed by atoms with Gasteiger partial charge in [-0.25, -0.2) is 4.98 Å². The Balaban J connectivity index is 2.26. The zero-order valence-electron chi connectivity index (χ0n) is 9.54. The normalized spacial score (nSPS) is 12.9. The van der Waals surface area contributed by atoms with Crippen LogP contribution >= 0.6 is 0 Å². The Bertz CT molecular complexity index is 460. The summed E-state index contributed by atoms with van der Waals surface area (Å²) in [5.74, 6) is 0. The summed E-state index contributed by atoms with van der Waals surface area (Å²) in [5.41, 5.74) is 1.45. The van der Waals surface area contributed by atoms with Crippen LogP contribution in [0.15, 0.2) is 24.8 Å². The fourth-order valence-corrected chi connectivity index (χ4v) is 1.70. The molecule has 0 saturated heterocycles. The van der Waals surface area contributed by atoms with E-state index in [1.165, 1.54) is 0 Å². The average Bonchev–Trinajstić information content (AvgIpc) is 2.87. The molecule has 86 valence electrons. The average molecular weight is 220 g/mol. The third-order valence-corrected chi connectivity index (χ3v) is 2.47. The van der Waals surface area contributed by atoms with E-state index in [1.807, 2.05) is 28.6 Å². The first-order valence-corrected chi connectivity index (χ1v) is 5.40. The molecule has 0 bridgehead atoms. The van der Waals surface area contributed by atoms with Crippen LogP contribution in [0.2, 0.25) is 0 Å². The molecule has 0 saturated carbocycles. The number of aryl methyl sites for hydroxylation is 2. The summed E-state index contributed by atoms with van der Waals surface area (Å²) in [4.78, 5) is 4.14. The van der Waals surface area contributed by atoms with Gasteiger partial charge in [0.15, 0.2) is 0 Å². The Labute approximate surface area is 94.4 Å². The zero-order valence-corrected chi connectivity index (χ0v) is 9.54. The lowest BCUT2D eigenvalue weighted by Gasteiger charge is -2.10. The third kappa shape index (κ3) is 1.99. The van der Waals surface area contributed by atoms with Gasteiger partial charge in [0.05, 0.1) is 17.7 Å². The van der Waals surface area contributed by atoms with Crippen LogP contribution in [0.4, 0.5) is 0 Å². The molecule has 0 fully saturated rings. The second-order valence-corrected chi connectivity index (χ2v) is 3.85. The van der Waals surface area contributed by atoms with Gasteiger partial charge in [-0.2, -0.15) is 5.10 Å². The Morgan fingerprint density at radius 1 is 1.50 bits per heavy atom. The predicted octanol–water partition coefficient (Wildman–Crippen LogP) is 1.11. The van der Waals surface area contributed by atoms with Gasteiger partial charge in [0.25, 0.3) is 0 Å². The molecule has 0 radical (unpaired) electrons. The van der Waals surface area contributed by atoms with Crippen molar-refractivity contribution in [1.29, 1.82) is 0 Å². The Morgan fingerprint density at radius 2 is 2.31 bits per heavy atom. The highest BCUT2D eigenvalue weighted by Gasteiger charge is 2.17. The van der Waals surface area contributed by atoms with E-state index in [0.717, 1.165) is 18.7 Å². The maximum Gasteiger partial charge on any atom is 0.139 e. The summed E-state index contributed by atoms with van der Waals surface area (Å²) in [6.07, 6.45) is 5.49. The van der Waals surface area contributed by atoms with E-state index in [0.29, 0.717) is 5.69 Å². The van der Waals surface area contributed by atoms with Crippen LogP contribution < -0.4 is 0 Å². The van der Waals surface area contributed by atoms with Crippen molar-refractivity contribution in [2.75, 3.05) is 0 Å².